The van der Waals surface area contributed by atoms with Crippen molar-refractivity contribution in [2.24, 2.45) is 0 Å². The van der Waals surface area contributed by atoms with E-state index in [1.807, 2.05) is 19.1 Å². The van der Waals surface area contributed by atoms with Gasteiger partial charge in [-0.25, -0.2) is 4.79 Å². The van der Waals surface area contributed by atoms with Crippen molar-refractivity contribution in [3.63, 3.8) is 0 Å². The van der Waals surface area contributed by atoms with Crippen LogP contribution in [0.5, 0.6) is 5.75 Å². The Kier molecular flexibility index (Phi) is 5.86. The molecule has 1 N–H and O–H groups in total. The number of hydrogen-bond donors (Lipinski definition) is 1. The Morgan fingerprint density at radius 3 is 2.77 bits per heavy atom. The molecule has 164 valence electrons. The van der Waals surface area contributed by atoms with Gasteiger partial charge in [-0.3, -0.25) is 19.9 Å². The van der Waals surface area contributed by atoms with E-state index in [2.05, 4.69) is 28.1 Å². The molecular weight excluding hydrogens is 386 g/mol. The Morgan fingerprint density at radius 1 is 1.23 bits per heavy atom. The van der Waals surface area contributed by atoms with Crippen LogP contribution >= 0.6 is 0 Å². The zero-order valence-corrected chi connectivity index (χ0v) is 18.1. The quantitative estimate of drug-likeness (QED) is 0.693. The fourth-order valence-electron chi connectivity index (χ4n) is 4.70. The average molecular weight is 418 g/mol. The van der Waals surface area contributed by atoms with E-state index in [1.165, 1.54) is 4.90 Å². The van der Waals surface area contributed by atoms with Gasteiger partial charge >= 0.3 is 6.03 Å². The molecule has 0 saturated carbocycles. The average Bonchev–Trinajstić information content (AvgIpc) is 3.14. The molecule has 3 atom stereocenters. The Labute approximate surface area is 177 Å². The first kappa shape index (κ1) is 20.9. The number of nitrogens with zero attached hydrogens (tertiary/aromatic N) is 4. The summed E-state index contributed by atoms with van der Waals surface area (Å²) < 4.78 is 11.0. The topological polar surface area (TPSA) is 77.6 Å². The number of hydrogen-bond acceptors (Lipinski definition) is 7. The molecule has 0 radical (unpaired) electrons. The van der Waals surface area contributed by atoms with Gasteiger partial charge in [0.1, 0.15) is 24.2 Å². The van der Waals surface area contributed by atoms with Crippen molar-refractivity contribution in [1.82, 2.24) is 20.0 Å². The van der Waals surface area contributed by atoms with Crippen molar-refractivity contribution in [3.8, 4) is 5.75 Å². The maximum atomic E-state index is 13.3. The lowest BCUT2D eigenvalue weighted by Crippen LogP contribution is -2.66. The van der Waals surface area contributed by atoms with Crippen LogP contribution in [0.1, 0.15) is 18.9 Å². The van der Waals surface area contributed by atoms with Crippen LogP contribution < -0.4 is 15.0 Å². The predicted octanol–water partition coefficient (Wildman–Crippen LogP) is 1.03. The van der Waals surface area contributed by atoms with E-state index in [4.69, 9.17) is 9.47 Å². The predicted molar refractivity (Wildman–Crippen MR) is 112 cm³/mol. The summed E-state index contributed by atoms with van der Waals surface area (Å²) in [5.41, 5.74) is 2.14. The number of carbonyl (C=O) groups excluding carboxylic acids is 2. The first-order chi connectivity index (χ1) is 14.5. The highest BCUT2D eigenvalue weighted by Crippen LogP contribution is 2.37. The van der Waals surface area contributed by atoms with E-state index in [0.717, 1.165) is 36.5 Å². The molecule has 0 bridgehead atoms. The van der Waals surface area contributed by atoms with Gasteiger partial charge in [0.15, 0.2) is 0 Å². The van der Waals surface area contributed by atoms with Gasteiger partial charge in [-0.2, -0.15) is 0 Å². The maximum Gasteiger partial charge on any atom is 0.327 e. The molecule has 1 aromatic carbocycles. The van der Waals surface area contributed by atoms with Crippen molar-refractivity contribution in [2.75, 3.05) is 51.9 Å². The Morgan fingerprint density at radius 2 is 2.03 bits per heavy atom. The summed E-state index contributed by atoms with van der Waals surface area (Å²) in [7, 11) is 3.42. The number of amides is 3. The van der Waals surface area contributed by atoms with Gasteiger partial charge in [-0.15, -0.1) is 0 Å². The fourth-order valence-corrected chi connectivity index (χ4v) is 4.70. The number of ether oxygens (including phenoxy) is 2. The molecule has 3 fully saturated rings. The fraction of sp³-hybridized carbons (Fsp3) is 0.619. The highest BCUT2D eigenvalue weighted by atomic mass is 16.5. The van der Waals surface area contributed by atoms with Crippen molar-refractivity contribution in [1.29, 1.82) is 0 Å². The third-order valence-electron chi connectivity index (χ3n) is 6.18. The number of benzene rings is 1. The maximum absolute atomic E-state index is 13.3. The molecule has 30 heavy (non-hydrogen) atoms. The van der Waals surface area contributed by atoms with Crippen LogP contribution in [0.25, 0.3) is 0 Å². The molecule has 3 heterocycles. The molecule has 3 aliphatic rings. The van der Waals surface area contributed by atoms with Crippen molar-refractivity contribution < 1.29 is 19.1 Å². The van der Waals surface area contributed by atoms with Crippen LogP contribution in [0, 0.1) is 6.92 Å². The Hall–Kier alpha value is -2.36. The minimum absolute atomic E-state index is 0.157. The number of aryl methyl sites for hydroxylation is 1. The standard InChI is InChI=1S/C21H31N5O4/c1-5-30-12-11-26-19(27)17-18(23(3)21(26)28)22-20-24(9-6-10-25(17)20)15-13-14(2)7-8-16(15)29-4/h7-8,13,17-18,20,22H,5-6,9-12H2,1-4H3. The largest absolute Gasteiger partial charge is 0.495 e. The summed E-state index contributed by atoms with van der Waals surface area (Å²) in [5, 5.41) is 3.54. The van der Waals surface area contributed by atoms with Gasteiger partial charge in [0.25, 0.3) is 5.91 Å². The van der Waals surface area contributed by atoms with Crippen molar-refractivity contribution in [2.45, 2.75) is 38.8 Å². The number of urea groups is 1. The molecule has 3 amide bonds. The second-order valence-electron chi connectivity index (χ2n) is 7.97. The molecule has 0 aromatic heterocycles. The Balaban J connectivity index is 1.63. The number of fused-ring (bicyclic) bond motifs is 3. The molecule has 1 aromatic rings. The SMILES string of the molecule is CCOCCN1C(=O)C2C(NC3N(c4cc(C)ccc4OC)CCCN23)N(C)C1=O. The second-order valence-corrected chi connectivity index (χ2v) is 7.97. The van der Waals surface area contributed by atoms with Crippen LogP contribution in [0.2, 0.25) is 0 Å². The van der Waals surface area contributed by atoms with E-state index in [-0.39, 0.29) is 30.9 Å². The number of likely N-dealkylation sites (N-methyl/N-ethyl adjacent to an activating group) is 1. The van der Waals surface area contributed by atoms with Gasteiger partial charge < -0.3 is 19.3 Å². The third-order valence-corrected chi connectivity index (χ3v) is 6.18. The summed E-state index contributed by atoms with van der Waals surface area (Å²) in [5.74, 6) is 0.643. The first-order valence-corrected chi connectivity index (χ1v) is 10.6. The lowest BCUT2D eigenvalue weighted by Gasteiger charge is -2.44. The van der Waals surface area contributed by atoms with Gasteiger partial charge in [-0.1, -0.05) is 6.07 Å². The minimum atomic E-state index is -0.419. The molecule has 9 heteroatoms. The number of carbonyl (C=O) groups is 2. The molecule has 3 aliphatic heterocycles. The number of anilines is 1. The Bertz CT molecular complexity index is 819. The zero-order chi connectivity index (χ0) is 21.4. The summed E-state index contributed by atoms with van der Waals surface area (Å²) in [6.07, 6.45) is 0.368. The molecule has 9 nitrogen and oxygen atoms in total. The van der Waals surface area contributed by atoms with E-state index in [1.54, 1.807) is 19.1 Å². The lowest BCUT2D eigenvalue weighted by atomic mass is 10.1. The third kappa shape index (κ3) is 3.40. The summed E-state index contributed by atoms with van der Waals surface area (Å²) in [6, 6.07) is 5.41. The van der Waals surface area contributed by atoms with E-state index >= 15 is 0 Å². The van der Waals surface area contributed by atoms with Crippen LogP contribution in [-0.2, 0) is 9.53 Å². The van der Waals surface area contributed by atoms with Crippen LogP contribution in [0.4, 0.5) is 10.5 Å². The van der Waals surface area contributed by atoms with Crippen LogP contribution in [0.3, 0.4) is 0 Å². The van der Waals surface area contributed by atoms with Crippen LogP contribution in [-0.4, -0.2) is 92.1 Å². The van der Waals surface area contributed by atoms with Gasteiger partial charge in [0, 0.05) is 26.7 Å². The van der Waals surface area contributed by atoms with E-state index in [9.17, 15) is 9.59 Å². The highest BCUT2D eigenvalue weighted by Gasteiger charge is 2.56. The molecule has 0 aliphatic carbocycles. The number of rotatable bonds is 6. The second kappa shape index (κ2) is 8.41. The normalized spacial score (nSPS) is 26.8. The number of imide groups is 1. The minimum Gasteiger partial charge on any atom is -0.495 e. The van der Waals surface area contributed by atoms with Crippen LogP contribution in [0.15, 0.2) is 18.2 Å². The summed E-state index contributed by atoms with van der Waals surface area (Å²) in [6.45, 7) is 6.76. The van der Waals surface area contributed by atoms with E-state index < -0.39 is 6.04 Å². The highest BCUT2D eigenvalue weighted by molar-refractivity contribution is 6.00. The van der Waals surface area contributed by atoms with Gasteiger partial charge in [0.05, 0.1) is 25.9 Å². The smallest absolute Gasteiger partial charge is 0.327 e. The van der Waals surface area contributed by atoms with Gasteiger partial charge in [0.2, 0.25) is 0 Å². The van der Waals surface area contributed by atoms with Crippen molar-refractivity contribution in [3.05, 3.63) is 23.8 Å². The summed E-state index contributed by atoms with van der Waals surface area (Å²) >= 11 is 0. The monoisotopic (exact) mass is 417 g/mol. The number of methoxy groups -OCH3 is 1. The molecule has 3 saturated heterocycles. The molecule has 0 spiro atoms. The summed E-state index contributed by atoms with van der Waals surface area (Å²) in [4.78, 5) is 33.6. The molecule has 4 rings (SSSR count). The van der Waals surface area contributed by atoms with Crippen molar-refractivity contribution >= 4 is 17.6 Å². The lowest BCUT2D eigenvalue weighted by molar-refractivity contribution is -0.139. The number of nitrogens with one attached hydrogen (secondary N) is 1. The zero-order valence-electron chi connectivity index (χ0n) is 18.1. The van der Waals surface area contributed by atoms with Gasteiger partial charge in [-0.05, 0) is 38.0 Å². The molecule has 3 unspecified atom stereocenters. The first-order valence-electron chi connectivity index (χ1n) is 10.6. The van der Waals surface area contributed by atoms with E-state index in [0.29, 0.717) is 13.2 Å². The molecular formula is C21H31N5O4.